The number of hydrogen-bond acceptors (Lipinski definition) is 7. The van der Waals surface area contributed by atoms with E-state index in [0.29, 0.717) is 24.2 Å². The molecule has 186 valence electrons. The lowest BCUT2D eigenvalue weighted by atomic mass is 9.92. The fourth-order valence-electron chi connectivity index (χ4n) is 3.48. The van der Waals surface area contributed by atoms with Crippen LogP contribution in [-0.4, -0.2) is 40.3 Å². The lowest BCUT2D eigenvalue weighted by Gasteiger charge is -2.27. The number of amides is 1. The average Bonchev–Trinajstić information content (AvgIpc) is 3.29. The Morgan fingerprint density at radius 3 is 2.58 bits per heavy atom. The van der Waals surface area contributed by atoms with Gasteiger partial charge in [-0.3, -0.25) is 9.52 Å². The summed E-state index contributed by atoms with van der Waals surface area (Å²) in [6, 6.07) is 12.8. The Kier molecular flexibility index (Phi) is 7.50. The summed E-state index contributed by atoms with van der Waals surface area (Å²) in [5, 5.41) is 13.1. The second-order valence-electron chi connectivity index (χ2n) is 8.04. The van der Waals surface area contributed by atoms with Crippen molar-refractivity contribution in [2.75, 3.05) is 4.72 Å². The number of nitrogens with zero attached hydrogens (tertiary/aromatic N) is 2. The van der Waals surface area contributed by atoms with Crippen molar-refractivity contribution in [3.8, 4) is 0 Å². The highest BCUT2D eigenvalue weighted by molar-refractivity contribution is 14.1. The molecule has 1 amide bonds. The molecule has 0 radical (unpaired) electrons. The maximum Gasteiger partial charge on any atom is 0.329 e. The number of fused-ring (bicyclic) bond motifs is 1. The number of aromatic nitrogens is 2. The van der Waals surface area contributed by atoms with Gasteiger partial charge in [0.05, 0.1) is 27.5 Å². The number of pyridine rings is 1. The predicted molar refractivity (Wildman–Crippen MR) is 146 cm³/mol. The Balaban J connectivity index is 1.66. The number of anilines is 1. The highest BCUT2D eigenvalue weighted by Crippen LogP contribution is 2.28. The van der Waals surface area contributed by atoms with Crippen LogP contribution in [0.2, 0.25) is 5.02 Å². The summed E-state index contributed by atoms with van der Waals surface area (Å²) < 4.78 is 34.2. The first-order chi connectivity index (χ1) is 17.0. The minimum absolute atomic E-state index is 0.0133. The molecular weight excluding hydrogens is 639 g/mol. The van der Waals surface area contributed by atoms with Crippen LogP contribution in [0.1, 0.15) is 22.8 Å². The number of hydrogen-bond donors (Lipinski definition) is 3. The molecule has 0 aliphatic heterocycles. The largest absolute Gasteiger partial charge is 0.480 e. The molecule has 2 aromatic heterocycles. The van der Waals surface area contributed by atoms with Crippen LogP contribution in [0.3, 0.4) is 0 Å². The summed E-state index contributed by atoms with van der Waals surface area (Å²) in [5.41, 5.74) is -1.09. The smallest absolute Gasteiger partial charge is 0.329 e. The van der Waals surface area contributed by atoms with Gasteiger partial charge >= 0.3 is 5.97 Å². The van der Waals surface area contributed by atoms with Gasteiger partial charge in [0.15, 0.2) is 5.03 Å². The van der Waals surface area contributed by atoms with E-state index in [-0.39, 0.29) is 22.7 Å². The molecule has 0 saturated carbocycles. The molecule has 4 rings (SSSR count). The number of carbonyl (C=O) groups excluding carboxylic acids is 1. The summed E-state index contributed by atoms with van der Waals surface area (Å²) in [6.45, 7) is 1.38. The number of carbonyl (C=O) groups is 2. The first kappa shape index (κ1) is 26.3. The molecule has 0 fully saturated rings. The van der Waals surface area contributed by atoms with Crippen LogP contribution in [-0.2, 0) is 21.2 Å². The lowest BCUT2D eigenvalue weighted by molar-refractivity contribution is -0.143. The van der Waals surface area contributed by atoms with Crippen LogP contribution in [0.25, 0.3) is 10.1 Å². The van der Waals surface area contributed by atoms with Gasteiger partial charge in [0.2, 0.25) is 0 Å². The minimum Gasteiger partial charge on any atom is -0.480 e. The Bertz CT molecular complexity index is 1580. The van der Waals surface area contributed by atoms with Gasteiger partial charge in [0, 0.05) is 21.2 Å². The van der Waals surface area contributed by atoms with E-state index in [4.69, 9.17) is 11.6 Å². The van der Waals surface area contributed by atoms with Gasteiger partial charge in [-0.25, -0.2) is 9.78 Å². The van der Waals surface area contributed by atoms with E-state index in [0.717, 1.165) is 11.5 Å². The Morgan fingerprint density at radius 1 is 1.17 bits per heavy atom. The summed E-state index contributed by atoms with van der Waals surface area (Å²) in [4.78, 5) is 29.4. The first-order valence-corrected chi connectivity index (χ1v) is 14.0. The second kappa shape index (κ2) is 10.3. The fourth-order valence-corrected chi connectivity index (χ4v) is 6.01. The molecule has 0 spiro atoms. The van der Waals surface area contributed by atoms with Crippen LogP contribution in [0.5, 0.6) is 0 Å². The third kappa shape index (κ3) is 5.61. The molecule has 13 heteroatoms. The maximum absolute atomic E-state index is 13.3. The SMILES string of the molecule is CC(Cc1ccc(Cl)cc1)(NC(=O)c1ccc(I)cc1NS(=O)(=O)c1nccc2sncc12)C(=O)O. The van der Waals surface area contributed by atoms with Gasteiger partial charge in [-0.2, -0.15) is 12.8 Å². The summed E-state index contributed by atoms with van der Waals surface area (Å²) in [6.07, 6.45) is 2.76. The molecule has 0 bridgehead atoms. The van der Waals surface area contributed by atoms with Gasteiger partial charge in [-0.1, -0.05) is 23.7 Å². The third-order valence-electron chi connectivity index (χ3n) is 5.30. The van der Waals surface area contributed by atoms with Crippen molar-refractivity contribution in [2.24, 2.45) is 0 Å². The molecule has 2 heterocycles. The van der Waals surface area contributed by atoms with E-state index < -0.39 is 27.4 Å². The van der Waals surface area contributed by atoms with Crippen molar-refractivity contribution in [1.29, 1.82) is 0 Å². The van der Waals surface area contributed by atoms with Gasteiger partial charge in [-0.15, -0.1) is 0 Å². The van der Waals surface area contributed by atoms with Crippen molar-refractivity contribution < 1.29 is 23.1 Å². The van der Waals surface area contributed by atoms with Crippen molar-refractivity contribution in [3.05, 3.63) is 80.6 Å². The highest BCUT2D eigenvalue weighted by atomic mass is 127. The molecule has 0 aliphatic carbocycles. The Labute approximate surface area is 229 Å². The van der Waals surface area contributed by atoms with Crippen molar-refractivity contribution in [2.45, 2.75) is 23.9 Å². The van der Waals surface area contributed by atoms with Crippen LogP contribution in [0.15, 0.2) is 66.0 Å². The Hall–Kier alpha value is -2.81. The van der Waals surface area contributed by atoms with Crippen LogP contribution >= 0.6 is 45.7 Å². The van der Waals surface area contributed by atoms with Crippen molar-refractivity contribution in [1.82, 2.24) is 14.7 Å². The molecule has 0 saturated heterocycles. The van der Waals surface area contributed by atoms with E-state index in [9.17, 15) is 23.1 Å². The number of aliphatic carboxylic acids is 1. The zero-order valence-electron chi connectivity index (χ0n) is 18.5. The van der Waals surface area contributed by atoms with Crippen LogP contribution < -0.4 is 10.0 Å². The molecule has 1 atom stereocenters. The summed E-state index contributed by atoms with van der Waals surface area (Å²) >= 11 is 9.03. The molecule has 36 heavy (non-hydrogen) atoms. The van der Waals surface area contributed by atoms with Crippen molar-refractivity contribution in [3.63, 3.8) is 0 Å². The lowest BCUT2D eigenvalue weighted by Crippen LogP contribution is -2.53. The first-order valence-electron chi connectivity index (χ1n) is 10.3. The number of carboxylic acids is 1. The number of sulfonamides is 1. The predicted octanol–water partition coefficient (Wildman–Crippen LogP) is 4.57. The van der Waals surface area contributed by atoms with E-state index >= 15 is 0 Å². The molecule has 2 aromatic carbocycles. The molecule has 1 unspecified atom stereocenters. The van der Waals surface area contributed by atoms with Gasteiger partial charge < -0.3 is 10.4 Å². The van der Waals surface area contributed by atoms with E-state index in [1.165, 1.54) is 31.5 Å². The van der Waals surface area contributed by atoms with E-state index in [2.05, 4.69) is 19.4 Å². The van der Waals surface area contributed by atoms with E-state index in [1.54, 1.807) is 36.4 Å². The minimum atomic E-state index is -4.20. The monoisotopic (exact) mass is 656 g/mol. The van der Waals surface area contributed by atoms with Gasteiger partial charge in [0.1, 0.15) is 5.54 Å². The topological polar surface area (TPSA) is 138 Å². The fraction of sp³-hybridized carbons (Fsp3) is 0.130. The number of carboxylic acid groups (broad SMARTS) is 1. The van der Waals surface area contributed by atoms with Crippen LogP contribution in [0.4, 0.5) is 5.69 Å². The Morgan fingerprint density at radius 2 is 1.89 bits per heavy atom. The standard InChI is InChI=1S/C23H18ClIN4O5S2/c1-23(22(31)32,11-13-2-4-14(24)5-3-13)28-20(30)16-7-6-15(25)10-18(16)29-36(33,34)21-17-12-27-35-19(17)8-9-26-21/h2-10,12,29H,11H2,1H3,(H,28,30)(H,31,32). The number of rotatable bonds is 8. The summed E-state index contributed by atoms with van der Waals surface area (Å²) in [7, 11) is -4.20. The zero-order chi connectivity index (χ0) is 26.1. The van der Waals surface area contributed by atoms with Crippen LogP contribution in [0, 0.1) is 3.57 Å². The zero-order valence-corrected chi connectivity index (χ0v) is 23.1. The number of benzene rings is 2. The summed E-state index contributed by atoms with van der Waals surface area (Å²) in [5.74, 6) is -2.01. The van der Waals surface area contributed by atoms with Crippen molar-refractivity contribution >= 4 is 83.4 Å². The van der Waals surface area contributed by atoms with Gasteiger partial charge in [-0.05, 0) is 83.0 Å². The molecule has 9 nitrogen and oxygen atoms in total. The number of halogens is 2. The molecule has 4 aromatic rings. The molecular formula is C23H18ClIN4O5S2. The molecule has 3 N–H and O–H groups in total. The third-order valence-corrected chi connectivity index (χ3v) is 8.31. The van der Waals surface area contributed by atoms with E-state index in [1.807, 2.05) is 22.6 Å². The quantitative estimate of drug-likeness (QED) is 0.236. The molecule has 0 aliphatic rings. The second-order valence-corrected chi connectivity index (χ2v) is 12.2. The number of nitrogens with one attached hydrogen (secondary N) is 2. The average molecular weight is 657 g/mol. The van der Waals surface area contributed by atoms with Gasteiger partial charge in [0.25, 0.3) is 15.9 Å². The maximum atomic E-state index is 13.3. The highest BCUT2D eigenvalue weighted by Gasteiger charge is 2.36. The normalized spacial score (nSPS) is 13.2.